The summed E-state index contributed by atoms with van der Waals surface area (Å²) in [5.74, 6) is -1.84. The molecule has 1 atom stereocenters. The van der Waals surface area contributed by atoms with Crippen molar-refractivity contribution in [3.8, 4) is 0 Å². The van der Waals surface area contributed by atoms with Gasteiger partial charge in [-0.3, -0.25) is 4.79 Å². The van der Waals surface area contributed by atoms with Gasteiger partial charge in [-0.05, 0) is 24.1 Å². The molecule has 110 valence electrons. The number of carboxylic acid groups (broad SMARTS) is 1. The van der Waals surface area contributed by atoms with Crippen molar-refractivity contribution in [1.82, 2.24) is 5.32 Å². The van der Waals surface area contributed by atoms with Crippen LogP contribution in [-0.4, -0.2) is 36.7 Å². The second kappa shape index (κ2) is 8.27. The molecule has 20 heavy (non-hydrogen) atoms. The van der Waals surface area contributed by atoms with Crippen LogP contribution in [-0.2, 0) is 20.7 Å². The average Bonchev–Trinajstić information content (AvgIpc) is 2.37. The van der Waals surface area contributed by atoms with E-state index in [1.54, 1.807) is 19.1 Å². The Balaban J connectivity index is 2.27. The summed E-state index contributed by atoms with van der Waals surface area (Å²) in [6.07, 6.45) is 0.444. The molecule has 0 aromatic heterocycles. The Hall–Kier alpha value is -1.95. The number of nitrogens with one attached hydrogen (secondary N) is 1. The minimum absolute atomic E-state index is 0.144. The Labute approximate surface area is 116 Å². The van der Waals surface area contributed by atoms with Crippen molar-refractivity contribution >= 4 is 11.9 Å². The van der Waals surface area contributed by atoms with E-state index in [4.69, 9.17) is 9.84 Å². The maximum absolute atomic E-state index is 13.0. The van der Waals surface area contributed by atoms with Crippen LogP contribution in [0.25, 0.3) is 0 Å². The highest BCUT2D eigenvalue weighted by Gasteiger charge is 2.13. The fraction of sp³-hybridized carbons (Fsp3) is 0.429. The predicted molar refractivity (Wildman–Crippen MR) is 70.7 cm³/mol. The molecule has 0 bridgehead atoms. The van der Waals surface area contributed by atoms with Crippen LogP contribution in [0.1, 0.15) is 12.5 Å². The average molecular weight is 283 g/mol. The lowest BCUT2D eigenvalue weighted by molar-refractivity contribution is -0.142. The molecule has 0 saturated carbocycles. The zero-order valence-corrected chi connectivity index (χ0v) is 11.3. The lowest BCUT2D eigenvalue weighted by Crippen LogP contribution is -2.33. The SMILES string of the molecule is CC(Cc1cccc(F)c1)C(=O)NCCOCC(=O)O. The molecule has 1 unspecified atom stereocenters. The lowest BCUT2D eigenvalue weighted by atomic mass is 10.0. The van der Waals surface area contributed by atoms with Gasteiger partial charge >= 0.3 is 5.97 Å². The van der Waals surface area contributed by atoms with E-state index in [0.29, 0.717) is 6.42 Å². The van der Waals surface area contributed by atoms with Crippen molar-refractivity contribution in [3.05, 3.63) is 35.6 Å². The van der Waals surface area contributed by atoms with Crippen LogP contribution in [0.3, 0.4) is 0 Å². The number of aliphatic carboxylic acids is 1. The first-order valence-corrected chi connectivity index (χ1v) is 6.30. The Morgan fingerprint density at radius 3 is 2.85 bits per heavy atom. The molecule has 0 aliphatic rings. The number of ether oxygens (including phenoxy) is 1. The van der Waals surface area contributed by atoms with E-state index in [-0.39, 0.29) is 37.4 Å². The summed E-state index contributed by atoms with van der Waals surface area (Å²) in [5.41, 5.74) is 0.759. The topological polar surface area (TPSA) is 75.6 Å². The van der Waals surface area contributed by atoms with Crippen LogP contribution in [0.4, 0.5) is 4.39 Å². The van der Waals surface area contributed by atoms with Crippen LogP contribution in [0.15, 0.2) is 24.3 Å². The van der Waals surface area contributed by atoms with E-state index < -0.39 is 5.97 Å². The molecule has 0 heterocycles. The smallest absolute Gasteiger partial charge is 0.329 e. The number of hydrogen-bond donors (Lipinski definition) is 2. The van der Waals surface area contributed by atoms with Crippen molar-refractivity contribution in [3.63, 3.8) is 0 Å². The van der Waals surface area contributed by atoms with E-state index in [9.17, 15) is 14.0 Å². The zero-order valence-electron chi connectivity index (χ0n) is 11.3. The van der Waals surface area contributed by atoms with Crippen molar-refractivity contribution in [1.29, 1.82) is 0 Å². The maximum atomic E-state index is 13.0. The monoisotopic (exact) mass is 283 g/mol. The summed E-state index contributed by atoms with van der Waals surface area (Å²) in [6.45, 7) is 1.76. The van der Waals surface area contributed by atoms with Crippen LogP contribution in [0.5, 0.6) is 0 Å². The van der Waals surface area contributed by atoms with Gasteiger partial charge in [0.1, 0.15) is 12.4 Å². The number of carboxylic acids is 1. The Bertz CT molecular complexity index is 464. The third kappa shape index (κ3) is 6.29. The van der Waals surface area contributed by atoms with E-state index in [1.165, 1.54) is 12.1 Å². The minimum atomic E-state index is -1.05. The number of carbonyl (C=O) groups excluding carboxylic acids is 1. The Kier molecular flexibility index (Phi) is 6.66. The van der Waals surface area contributed by atoms with Crippen LogP contribution in [0, 0.1) is 11.7 Å². The third-order valence-electron chi connectivity index (χ3n) is 2.65. The number of carbonyl (C=O) groups is 2. The molecule has 0 fully saturated rings. The van der Waals surface area contributed by atoms with Crippen molar-refractivity contribution in [2.75, 3.05) is 19.8 Å². The summed E-state index contributed by atoms with van der Waals surface area (Å²) >= 11 is 0. The van der Waals surface area contributed by atoms with Crippen LogP contribution >= 0.6 is 0 Å². The van der Waals surface area contributed by atoms with Crippen molar-refractivity contribution < 1.29 is 23.8 Å². The van der Waals surface area contributed by atoms with Gasteiger partial charge in [0, 0.05) is 12.5 Å². The quantitative estimate of drug-likeness (QED) is 0.703. The molecule has 5 nitrogen and oxygen atoms in total. The first kappa shape index (κ1) is 16.1. The van der Waals surface area contributed by atoms with Gasteiger partial charge in [-0.2, -0.15) is 0 Å². The highest BCUT2D eigenvalue weighted by atomic mass is 19.1. The van der Waals surface area contributed by atoms with E-state index >= 15 is 0 Å². The van der Waals surface area contributed by atoms with Gasteiger partial charge < -0.3 is 15.2 Å². The van der Waals surface area contributed by atoms with E-state index in [0.717, 1.165) is 5.56 Å². The molecular formula is C14H18FNO4. The Morgan fingerprint density at radius 2 is 2.20 bits per heavy atom. The number of rotatable bonds is 8. The highest BCUT2D eigenvalue weighted by molar-refractivity contribution is 5.78. The van der Waals surface area contributed by atoms with Gasteiger partial charge in [0.25, 0.3) is 0 Å². The van der Waals surface area contributed by atoms with Gasteiger partial charge in [-0.25, -0.2) is 9.18 Å². The Morgan fingerprint density at radius 1 is 1.45 bits per heavy atom. The first-order valence-electron chi connectivity index (χ1n) is 6.30. The molecule has 6 heteroatoms. The molecule has 1 aromatic rings. The van der Waals surface area contributed by atoms with Gasteiger partial charge in [-0.1, -0.05) is 19.1 Å². The zero-order chi connectivity index (χ0) is 15.0. The summed E-state index contributed by atoms with van der Waals surface area (Å²) in [7, 11) is 0. The lowest BCUT2D eigenvalue weighted by Gasteiger charge is -2.12. The normalized spacial score (nSPS) is 11.9. The number of benzene rings is 1. The predicted octanol–water partition coefficient (Wildman–Crippen LogP) is 1.22. The van der Waals surface area contributed by atoms with Gasteiger partial charge in [0.2, 0.25) is 5.91 Å². The van der Waals surface area contributed by atoms with Gasteiger partial charge in [-0.15, -0.1) is 0 Å². The van der Waals surface area contributed by atoms with E-state index in [2.05, 4.69) is 5.32 Å². The third-order valence-corrected chi connectivity index (χ3v) is 2.65. The number of hydrogen-bond acceptors (Lipinski definition) is 3. The highest BCUT2D eigenvalue weighted by Crippen LogP contribution is 2.10. The molecule has 0 spiro atoms. The maximum Gasteiger partial charge on any atom is 0.329 e. The fourth-order valence-corrected chi connectivity index (χ4v) is 1.69. The first-order chi connectivity index (χ1) is 9.49. The molecular weight excluding hydrogens is 265 g/mol. The van der Waals surface area contributed by atoms with Crippen LogP contribution in [0.2, 0.25) is 0 Å². The van der Waals surface area contributed by atoms with Crippen molar-refractivity contribution in [2.45, 2.75) is 13.3 Å². The molecule has 0 aliphatic carbocycles. The van der Waals surface area contributed by atoms with Crippen LogP contribution < -0.4 is 5.32 Å². The summed E-state index contributed by atoms with van der Waals surface area (Å²) in [4.78, 5) is 21.9. The molecule has 2 N–H and O–H groups in total. The largest absolute Gasteiger partial charge is 0.480 e. The van der Waals surface area contributed by atoms with Crippen molar-refractivity contribution in [2.24, 2.45) is 5.92 Å². The van der Waals surface area contributed by atoms with Gasteiger partial charge in [0.05, 0.1) is 6.61 Å². The molecule has 1 amide bonds. The van der Waals surface area contributed by atoms with E-state index in [1.807, 2.05) is 0 Å². The minimum Gasteiger partial charge on any atom is -0.480 e. The number of halogens is 1. The second-order valence-corrected chi connectivity index (χ2v) is 4.47. The standard InChI is InChI=1S/C14H18FNO4/c1-10(7-11-3-2-4-12(15)8-11)14(19)16-5-6-20-9-13(17)18/h2-4,8,10H,5-7,9H2,1H3,(H,16,19)(H,17,18). The summed E-state index contributed by atoms with van der Waals surface area (Å²) < 4.78 is 17.8. The number of amides is 1. The van der Waals surface area contributed by atoms with Gasteiger partial charge in [0.15, 0.2) is 0 Å². The molecule has 1 rings (SSSR count). The second-order valence-electron chi connectivity index (χ2n) is 4.47. The fourth-order valence-electron chi connectivity index (χ4n) is 1.69. The molecule has 0 saturated heterocycles. The molecule has 1 aromatic carbocycles. The molecule has 0 aliphatic heterocycles. The summed E-state index contributed by atoms with van der Waals surface area (Å²) in [5, 5.41) is 11.0. The summed E-state index contributed by atoms with van der Waals surface area (Å²) in [6, 6.07) is 6.13. The molecule has 0 radical (unpaired) electrons.